The summed E-state index contributed by atoms with van der Waals surface area (Å²) in [4.78, 5) is 38.0. The second-order valence-electron chi connectivity index (χ2n) is 7.06. The third-order valence-corrected chi connectivity index (χ3v) is 4.72. The van der Waals surface area contributed by atoms with Crippen LogP contribution in [0.3, 0.4) is 0 Å². The summed E-state index contributed by atoms with van der Waals surface area (Å²) < 4.78 is 5.41. The minimum Gasteiger partial charge on any atom is -0.457 e. The zero-order valence-electron chi connectivity index (χ0n) is 15.8. The Hall–Kier alpha value is -3.09. The van der Waals surface area contributed by atoms with Crippen LogP contribution in [0.25, 0.3) is 0 Å². The van der Waals surface area contributed by atoms with Crippen LogP contribution in [-0.4, -0.2) is 33.2 Å². The number of hydrogen-bond donors (Lipinski definition) is 1. The number of aryl methyl sites for hydroxylation is 1. The molecule has 3 rings (SSSR count). The van der Waals surface area contributed by atoms with Gasteiger partial charge in [0.15, 0.2) is 5.84 Å². The highest BCUT2D eigenvalue weighted by Gasteiger charge is 2.43. The molecule has 2 aromatic rings. The number of nitrogens with one attached hydrogen (secondary N) is 1. The minimum atomic E-state index is -0.890. The number of nitrogens with zero attached hydrogens (tertiary/aromatic N) is 3. The van der Waals surface area contributed by atoms with Crippen LogP contribution in [0.4, 0.5) is 0 Å². The Morgan fingerprint density at radius 3 is 2.74 bits per heavy atom. The molecule has 1 N–H and O–H groups in total. The van der Waals surface area contributed by atoms with Crippen LogP contribution in [0, 0.1) is 12.8 Å². The van der Waals surface area contributed by atoms with E-state index < -0.39 is 11.5 Å². The van der Waals surface area contributed by atoms with Crippen LogP contribution in [0.2, 0.25) is 0 Å². The van der Waals surface area contributed by atoms with Crippen molar-refractivity contribution in [2.24, 2.45) is 10.9 Å². The van der Waals surface area contributed by atoms with Crippen LogP contribution in [0.15, 0.2) is 41.8 Å². The van der Waals surface area contributed by atoms with Crippen molar-refractivity contribution >= 4 is 17.7 Å². The van der Waals surface area contributed by atoms with Crippen molar-refractivity contribution in [3.05, 3.63) is 59.2 Å². The van der Waals surface area contributed by atoms with Crippen molar-refractivity contribution in [2.75, 3.05) is 0 Å². The first kappa shape index (κ1) is 18.7. The number of amides is 1. The number of aromatic nitrogens is 2. The average molecular weight is 366 g/mol. The molecule has 1 amide bonds. The fraction of sp³-hybridized carbons (Fsp3) is 0.350. The number of aliphatic imine (C=N–C) groups is 1. The maximum atomic E-state index is 12.7. The van der Waals surface area contributed by atoms with Gasteiger partial charge in [-0.1, -0.05) is 19.9 Å². The third-order valence-electron chi connectivity index (χ3n) is 4.72. The van der Waals surface area contributed by atoms with Crippen molar-refractivity contribution in [1.29, 1.82) is 0 Å². The van der Waals surface area contributed by atoms with E-state index in [9.17, 15) is 9.59 Å². The molecular weight excluding hydrogens is 344 g/mol. The van der Waals surface area contributed by atoms with Gasteiger partial charge in [0.25, 0.3) is 5.91 Å². The molecule has 1 atom stereocenters. The number of hydrogen-bond acceptors (Lipinski definition) is 6. The lowest BCUT2D eigenvalue weighted by molar-refractivity contribution is -0.124. The van der Waals surface area contributed by atoms with E-state index in [-0.39, 0.29) is 24.0 Å². The fourth-order valence-electron chi connectivity index (χ4n) is 2.67. The van der Waals surface area contributed by atoms with E-state index in [2.05, 4.69) is 20.3 Å². The van der Waals surface area contributed by atoms with Crippen molar-refractivity contribution < 1.29 is 14.3 Å². The number of esters is 1. The van der Waals surface area contributed by atoms with Crippen molar-refractivity contribution in [3.8, 4) is 0 Å². The lowest BCUT2D eigenvalue weighted by atomic mass is 9.89. The predicted octanol–water partition coefficient (Wildman–Crippen LogP) is 2.43. The lowest BCUT2D eigenvalue weighted by Crippen LogP contribution is -2.41. The maximum absolute atomic E-state index is 12.7. The fourth-order valence-corrected chi connectivity index (χ4v) is 2.67. The molecule has 1 aliphatic heterocycles. The standard InChI is InChI=1S/C20H22N4O3/c1-12(2)20(4)19(26)23-17(24-20)16-15(8-13(3)9-22-16)18(25)27-11-14-6-5-7-21-10-14/h5-10,12H,11H2,1-4H3,(H,23,24,26). The largest absolute Gasteiger partial charge is 0.457 e. The summed E-state index contributed by atoms with van der Waals surface area (Å²) >= 11 is 0. The summed E-state index contributed by atoms with van der Waals surface area (Å²) in [7, 11) is 0. The Kier molecular flexibility index (Phi) is 5.03. The molecule has 1 aliphatic rings. The highest BCUT2D eigenvalue weighted by atomic mass is 16.5. The second-order valence-corrected chi connectivity index (χ2v) is 7.06. The Balaban J connectivity index is 1.90. The van der Waals surface area contributed by atoms with Crippen LogP contribution in [-0.2, 0) is 16.1 Å². The van der Waals surface area contributed by atoms with Crippen molar-refractivity contribution in [1.82, 2.24) is 15.3 Å². The number of ether oxygens (including phenoxy) is 1. The highest BCUT2D eigenvalue weighted by molar-refractivity contribution is 6.17. The molecule has 3 heterocycles. The Bertz CT molecular complexity index is 909. The first-order chi connectivity index (χ1) is 12.8. The van der Waals surface area contributed by atoms with Gasteiger partial charge in [-0.05, 0) is 37.5 Å². The topological polar surface area (TPSA) is 93.5 Å². The normalized spacial score (nSPS) is 19.0. The molecule has 0 aromatic carbocycles. The summed E-state index contributed by atoms with van der Waals surface area (Å²) in [5, 5.41) is 2.76. The number of carbonyl (C=O) groups is 2. The number of carbonyl (C=O) groups excluding carboxylic acids is 2. The van der Waals surface area contributed by atoms with E-state index in [1.807, 2.05) is 26.8 Å². The highest BCUT2D eigenvalue weighted by Crippen LogP contribution is 2.27. The maximum Gasteiger partial charge on any atom is 0.340 e. The molecule has 0 fully saturated rings. The molecule has 27 heavy (non-hydrogen) atoms. The zero-order valence-corrected chi connectivity index (χ0v) is 15.8. The van der Waals surface area contributed by atoms with Crippen molar-refractivity contribution in [3.63, 3.8) is 0 Å². The van der Waals surface area contributed by atoms with Gasteiger partial charge in [-0.3, -0.25) is 14.8 Å². The smallest absolute Gasteiger partial charge is 0.340 e. The second kappa shape index (κ2) is 7.26. The summed E-state index contributed by atoms with van der Waals surface area (Å²) in [6, 6.07) is 5.29. The van der Waals surface area contributed by atoms with Gasteiger partial charge in [0, 0.05) is 24.2 Å². The van der Waals surface area contributed by atoms with Gasteiger partial charge in [0.1, 0.15) is 17.8 Å². The van der Waals surface area contributed by atoms with E-state index >= 15 is 0 Å². The van der Waals surface area contributed by atoms with E-state index in [0.717, 1.165) is 11.1 Å². The van der Waals surface area contributed by atoms with Gasteiger partial charge in [0.05, 0.1) is 5.56 Å². The quantitative estimate of drug-likeness (QED) is 0.820. The number of pyridine rings is 2. The van der Waals surface area contributed by atoms with Crippen LogP contribution in [0.1, 0.15) is 48.0 Å². The summed E-state index contributed by atoms with van der Waals surface area (Å²) in [6.07, 6.45) is 4.92. The molecular formula is C20H22N4O3. The van der Waals surface area contributed by atoms with Gasteiger partial charge in [0.2, 0.25) is 0 Å². The van der Waals surface area contributed by atoms with E-state index in [1.165, 1.54) is 0 Å². The SMILES string of the molecule is Cc1cnc(C2=NC(C)(C(C)C)C(=O)N2)c(C(=O)OCc2cccnc2)c1. The lowest BCUT2D eigenvalue weighted by Gasteiger charge is -2.21. The minimum absolute atomic E-state index is 0.00132. The number of amidine groups is 1. The summed E-state index contributed by atoms with van der Waals surface area (Å²) in [5.41, 5.74) is 1.29. The third kappa shape index (κ3) is 3.72. The first-order valence-corrected chi connectivity index (χ1v) is 8.75. The number of rotatable bonds is 5. The molecule has 0 aliphatic carbocycles. The van der Waals surface area contributed by atoms with Gasteiger partial charge in [-0.25, -0.2) is 9.79 Å². The molecule has 7 nitrogen and oxygen atoms in total. The molecule has 7 heteroatoms. The van der Waals surface area contributed by atoms with E-state index in [1.54, 1.807) is 37.6 Å². The van der Waals surface area contributed by atoms with Gasteiger partial charge >= 0.3 is 5.97 Å². The van der Waals surface area contributed by atoms with E-state index in [0.29, 0.717) is 11.5 Å². The Morgan fingerprint density at radius 2 is 2.11 bits per heavy atom. The zero-order chi connectivity index (χ0) is 19.6. The molecule has 2 aromatic heterocycles. The van der Waals surface area contributed by atoms with Gasteiger partial charge in [-0.15, -0.1) is 0 Å². The van der Waals surface area contributed by atoms with Gasteiger partial charge < -0.3 is 10.1 Å². The van der Waals surface area contributed by atoms with Crippen LogP contribution >= 0.6 is 0 Å². The molecule has 0 saturated heterocycles. The van der Waals surface area contributed by atoms with Gasteiger partial charge in [-0.2, -0.15) is 0 Å². The molecule has 1 unspecified atom stereocenters. The Labute approximate surface area is 157 Å². The molecule has 0 radical (unpaired) electrons. The summed E-state index contributed by atoms with van der Waals surface area (Å²) in [5.74, 6) is -0.435. The molecule has 140 valence electrons. The Morgan fingerprint density at radius 1 is 1.33 bits per heavy atom. The monoisotopic (exact) mass is 366 g/mol. The molecule has 0 bridgehead atoms. The summed E-state index contributed by atoms with van der Waals surface area (Å²) in [6.45, 7) is 7.56. The first-order valence-electron chi connectivity index (χ1n) is 8.75. The molecule has 0 spiro atoms. The predicted molar refractivity (Wildman–Crippen MR) is 100 cm³/mol. The molecule has 0 saturated carbocycles. The van der Waals surface area contributed by atoms with Crippen LogP contribution in [0.5, 0.6) is 0 Å². The van der Waals surface area contributed by atoms with Crippen LogP contribution < -0.4 is 5.32 Å². The average Bonchev–Trinajstić information content (AvgIpc) is 2.96. The van der Waals surface area contributed by atoms with Crippen molar-refractivity contribution in [2.45, 2.75) is 39.8 Å². The van der Waals surface area contributed by atoms with E-state index in [4.69, 9.17) is 4.74 Å².